The van der Waals surface area contributed by atoms with E-state index in [1.807, 2.05) is 57.2 Å². The van der Waals surface area contributed by atoms with Gasteiger partial charge < -0.3 is 19.7 Å². The number of rotatable bonds is 10. The summed E-state index contributed by atoms with van der Waals surface area (Å²) < 4.78 is 12.8. The quantitative estimate of drug-likeness (QED) is 0.464. The van der Waals surface area contributed by atoms with Gasteiger partial charge in [0.1, 0.15) is 23.9 Å². The third kappa shape index (κ3) is 5.84. The Morgan fingerprint density at radius 2 is 1.97 bits per heavy atom. The number of carbonyl (C=O) groups is 2. The molecular weight excluding hydrogens is 458 g/mol. The molecule has 0 unspecified atom stereocenters. The minimum Gasteiger partial charge on any atom is -0.497 e. The highest BCUT2D eigenvalue weighted by atomic mass is 16.5. The van der Waals surface area contributed by atoms with E-state index in [9.17, 15) is 9.59 Å². The van der Waals surface area contributed by atoms with E-state index in [4.69, 9.17) is 9.47 Å². The summed E-state index contributed by atoms with van der Waals surface area (Å²) in [4.78, 5) is 29.3. The predicted molar refractivity (Wildman–Crippen MR) is 136 cm³/mol. The van der Waals surface area contributed by atoms with Gasteiger partial charge in [0, 0.05) is 18.7 Å². The fourth-order valence-corrected chi connectivity index (χ4v) is 4.36. The van der Waals surface area contributed by atoms with Gasteiger partial charge in [-0.05, 0) is 62.9 Å². The summed E-state index contributed by atoms with van der Waals surface area (Å²) in [6.45, 7) is 6.90. The molecule has 2 amide bonds. The topological polar surface area (TPSA) is 98.6 Å². The molecule has 1 aliphatic heterocycles. The smallest absolute Gasteiger partial charge is 0.247 e. The highest BCUT2D eigenvalue weighted by molar-refractivity contribution is 5.89. The van der Waals surface area contributed by atoms with E-state index < -0.39 is 11.6 Å². The van der Waals surface area contributed by atoms with E-state index in [0.29, 0.717) is 30.0 Å². The monoisotopic (exact) mass is 493 g/mol. The number of methoxy groups -OCH3 is 1. The molecule has 0 radical (unpaired) electrons. The fourth-order valence-electron chi connectivity index (χ4n) is 4.36. The van der Waals surface area contributed by atoms with Crippen molar-refractivity contribution in [2.24, 2.45) is 0 Å². The molecule has 1 aromatic heterocycles. The molecule has 2 atom stereocenters. The Morgan fingerprint density at radius 3 is 2.64 bits per heavy atom. The van der Waals surface area contributed by atoms with Gasteiger partial charge in [0.25, 0.3) is 0 Å². The Kier molecular flexibility index (Phi) is 7.88. The molecule has 2 heterocycles. The lowest BCUT2D eigenvalue weighted by Crippen LogP contribution is -2.52. The van der Waals surface area contributed by atoms with Gasteiger partial charge in [0.05, 0.1) is 18.7 Å². The number of fused-ring (bicyclic) bond motifs is 1. The highest BCUT2D eigenvalue weighted by Crippen LogP contribution is 2.28. The third-order valence-electron chi connectivity index (χ3n) is 6.79. The Hall–Kier alpha value is -3.46. The Labute approximate surface area is 211 Å². The summed E-state index contributed by atoms with van der Waals surface area (Å²) in [6, 6.07) is 13.9. The zero-order valence-electron chi connectivity index (χ0n) is 21.4. The van der Waals surface area contributed by atoms with Gasteiger partial charge in [0.15, 0.2) is 0 Å². The second-order valence-corrected chi connectivity index (χ2v) is 9.82. The number of para-hydroxylation sites is 1. The van der Waals surface area contributed by atoms with Crippen LogP contribution in [0.2, 0.25) is 0 Å². The first-order valence-electron chi connectivity index (χ1n) is 12.5. The van der Waals surface area contributed by atoms with Crippen molar-refractivity contribution in [2.45, 2.75) is 64.3 Å². The van der Waals surface area contributed by atoms with Crippen LogP contribution in [0.3, 0.4) is 0 Å². The molecule has 9 nitrogen and oxygen atoms in total. The fraction of sp³-hybridized carbons (Fsp3) is 0.481. The van der Waals surface area contributed by atoms with E-state index >= 15 is 0 Å². The first-order chi connectivity index (χ1) is 17.3. The van der Waals surface area contributed by atoms with Crippen molar-refractivity contribution in [2.75, 3.05) is 20.3 Å². The lowest BCUT2D eigenvalue weighted by molar-refractivity contribution is -0.144. The van der Waals surface area contributed by atoms with Crippen LogP contribution in [-0.4, -0.2) is 63.6 Å². The molecule has 1 saturated heterocycles. The predicted octanol–water partition coefficient (Wildman–Crippen LogP) is 3.49. The normalized spacial score (nSPS) is 16.6. The van der Waals surface area contributed by atoms with E-state index in [1.54, 1.807) is 28.8 Å². The van der Waals surface area contributed by atoms with Crippen LogP contribution in [0.5, 0.6) is 5.75 Å². The Balaban J connectivity index is 1.71. The van der Waals surface area contributed by atoms with Crippen LogP contribution >= 0.6 is 0 Å². The second kappa shape index (κ2) is 11.1. The molecule has 0 spiro atoms. The molecule has 36 heavy (non-hydrogen) atoms. The maximum absolute atomic E-state index is 13.9. The zero-order chi connectivity index (χ0) is 25.7. The van der Waals surface area contributed by atoms with Gasteiger partial charge in [-0.25, -0.2) is 4.68 Å². The molecular formula is C27H35N5O4. The molecule has 1 fully saturated rings. The lowest BCUT2D eigenvalue weighted by atomic mass is 9.98. The maximum atomic E-state index is 13.9. The number of aromatic nitrogens is 3. The van der Waals surface area contributed by atoms with Crippen LogP contribution in [0.1, 0.15) is 51.6 Å². The lowest BCUT2D eigenvalue weighted by Gasteiger charge is -2.35. The standard InChI is InChI=1S/C27H35N5O4/c1-5-27(2,3)28-26(34)25(19-12-14-20(35-4)15-13-19)31(17-21-9-8-16-36-21)24(33)18-32-23-11-7-6-10-22(23)29-30-32/h6-7,10-15,21,25H,5,8-9,16-18H2,1-4H3,(H,28,34)/t21-,25-/m1/s1. The Morgan fingerprint density at radius 1 is 1.22 bits per heavy atom. The molecule has 1 N–H and O–H groups in total. The van der Waals surface area contributed by atoms with Gasteiger partial charge in [-0.15, -0.1) is 5.10 Å². The van der Waals surface area contributed by atoms with E-state index in [1.165, 1.54) is 0 Å². The largest absolute Gasteiger partial charge is 0.497 e. The number of ether oxygens (including phenoxy) is 2. The summed E-state index contributed by atoms with van der Waals surface area (Å²) in [5.41, 5.74) is 1.75. The number of amides is 2. The van der Waals surface area contributed by atoms with Crippen molar-refractivity contribution in [1.29, 1.82) is 0 Å². The molecule has 3 aromatic rings. The minimum absolute atomic E-state index is 0.0374. The van der Waals surface area contributed by atoms with Gasteiger partial charge >= 0.3 is 0 Å². The van der Waals surface area contributed by atoms with Crippen LogP contribution in [0, 0.1) is 0 Å². The number of hydrogen-bond acceptors (Lipinski definition) is 6. The summed E-state index contributed by atoms with van der Waals surface area (Å²) in [5.74, 6) is 0.214. The van der Waals surface area contributed by atoms with Gasteiger partial charge in [-0.3, -0.25) is 9.59 Å². The summed E-state index contributed by atoms with van der Waals surface area (Å²) in [5, 5.41) is 11.5. The van der Waals surface area contributed by atoms with Crippen LogP contribution in [0.15, 0.2) is 48.5 Å². The molecule has 1 aliphatic rings. The summed E-state index contributed by atoms with van der Waals surface area (Å²) in [7, 11) is 1.60. The maximum Gasteiger partial charge on any atom is 0.247 e. The Bertz CT molecular complexity index is 1180. The summed E-state index contributed by atoms with van der Waals surface area (Å²) >= 11 is 0. The SMILES string of the molecule is CCC(C)(C)NC(=O)[C@@H](c1ccc(OC)cc1)N(C[C@H]1CCCO1)C(=O)Cn1nnc2ccccc21. The molecule has 9 heteroatoms. The molecule has 4 rings (SSSR count). The highest BCUT2D eigenvalue weighted by Gasteiger charge is 2.36. The molecule has 2 aromatic carbocycles. The average Bonchev–Trinajstić information content (AvgIpc) is 3.54. The minimum atomic E-state index is -0.840. The van der Waals surface area contributed by atoms with E-state index in [0.717, 1.165) is 24.8 Å². The zero-order valence-corrected chi connectivity index (χ0v) is 21.4. The van der Waals surface area contributed by atoms with Crippen molar-refractivity contribution in [3.05, 3.63) is 54.1 Å². The summed E-state index contributed by atoms with van der Waals surface area (Å²) in [6.07, 6.45) is 2.39. The third-order valence-corrected chi connectivity index (χ3v) is 6.79. The van der Waals surface area contributed by atoms with Gasteiger partial charge in [0.2, 0.25) is 11.8 Å². The van der Waals surface area contributed by atoms with Crippen molar-refractivity contribution < 1.29 is 19.1 Å². The van der Waals surface area contributed by atoms with Crippen molar-refractivity contribution >= 4 is 22.8 Å². The average molecular weight is 494 g/mol. The van der Waals surface area contributed by atoms with Crippen LogP contribution < -0.4 is 10.1 Å². The number of hydrogen-bond donors (Lipinski definition) is 1. The second-order valence-electron chi connectivity index (χ2n) is 9.82. The van der Waals surface area contributed by atoms with Crippen molar-refractivity contribution in [3.63, 3.8) is 0 Å². The van der Waals surface area contributed by atoms with Gasteiger partial charge in [-0.2, -0.15) is 0 Å². The number of carbonyl (C=O) groups excluding carboxylic acids is 2. The van der Waals surface area contributed by atoms with Crippen molar-refractivity contribution in [1.82, 2.24) is 25.2 Å². The van der Waals surface area contributed by atoms with E-state index in [2.05, 4.69) is 15.6 Å². The van der Waals surface area contributed by atoms with Gasteiger partial charge in [-0.1, -0.05) is 36.4 Å². The number of nitrogens with zero attached hydrogens (tertiary/aromatic N) is 4. The van der Waals surface area contributed by atoms with E-state index in [-0.39, 0.29) is 24.5 Å². The van der Waals surface area contributed by atoms with Crippen LogP contribution in [0.4, 0.5) is 0 Å². The molecule has 192 valence electrons. The first kappa shape index (κ1) is 25.6. The van der Waals surface area contributed by atoms with Crippen LogP contribution in [-0.2, 0) is 20.9 Å². The molecule has 0 aliphatic carbocycles. The van der Waals surface area contributed by atoms with Crippen molar-refractivity contribution in [3.8, 4) is 5.75 Å². The van der Waals surface area contributed by atoms with Crippen LogP contribution in [0.25, 0.3) is 11.0 Å². The molecule has 0 saturated carbocycles. The number of benzene rings is 2. The first-order valence-corrected chi connectivity index (χ1v) is 12.5. The number of nitrogens with one attached hydrogen (secondary N) is 1. The molecule has 0 bridgehead atoms.